The molecular formula is C9H14N2O3. The van der Waals surface area contributed by atoms with E-state index in [0.29, 0.717) is 25.7 Å². The van der Waals surface area contributed by atoms with E-state index < -0.39 is 12.1 Å². The number of hydrogen-bond acceptors (Lipinski definition) is 3. The van der Waals surface area contributed by atoms with Gasteiger partial charge in [0.05, 0.1) is 6.04 Å². The van der Waals surface area contributed by atoms with Gasteiger partial charge in [-0.2, -0.15) is 0 Å². The standard InChI is InChI=1S/C9H14N2O3/c1-7(5-12)10-9(14)8-3-2-4-11(8)6-13/h5-8H,2-4H2,1H3,(H,10,14)/t7-,8-/m0/s1. The van der Waals surface area contributed by atoms with Crippen molar-refractivity contribution in [3.05, 3.63) is 0 Å². The average molecular weight is 198 g/mol. The molecule has 1 fully saturated rings. The number of likely N-dealkylation sites (tertiary alicyclic amines) is 1. The molecule has 1 aliphatic heterocycles. The maximum Gasteiger partial charge on any atom is 0.243 e. The quantitative estimate of drug-likeness (QED) is 0.608. The number of nitrogens with zero attached hydrogens (tertiary/aromatic N) is 1. The summed E-state index contributed by atoms with van der Waals surface area (Å²) < 4.78 is 0. The lowest BCUT2D eigenvalue weighted by molar-refractivity contribution is -0.132. The van der Waals surface area contributed by atoms with E-state index in [4.69, 9.17) is 0 Å². The number of nitrogens with one attached hydrogen (secondary N) is 1. The first-order chi connectivity index (χ1) is 6.69. The van der Waals surface area contributed by atoms with Gasteiger partial charge in [-0.05, 0) is 19.8 Å². The van der Waals surface area contributed by atoms with Gasteiger partial charge in [0.1, 0.15) is 12.3 Å². The van der Waals surface area contributed by atoms with Crippen molar-refractivity contribution >= 4 is 18.6 Å². The molecule has 2 atom stereocenters. The molecule has 78 valence electrons. The minimum absolute atomic E-state index is 0.241. The third kappa shape index (κ3) is 2.31. The summed E-state index contributed by atoms with van der Waals surface area (Å²) in [6, 6.07) is -0.883. The van der Waals surface area contributed by atoms with Crippen molar-refractivity contribution < 1.29 is 14.4 Å². The summed E-state index contributed by atoms with van der Waals surface area (Å²) in [5, 5.41) is 2.53. The Labute approximate surface area is 82.4 Å². The molecule has 2 amide bonds. The second-order valence-electron chi connectivity index (χ2n) is 3.43. The van der Waals surface area contributed by atoms with Crippen LogP contribution in [0.5, 0.6) is 0 Å². The van der Waals surface area contributed by atoms with Crippen molar-refractivity contribution in [2.75, 3.05) is 6.54 Å². The Bertz CT molecular complexity index is 242. The van der Waals surface area contributed by atoms with Crippen molar-refractivity contribution in [1.29, 1.82) is 0 Å². The summed E-state index contributed by atoms with van der Waals surface area (Å²) in [6.45, 7) is 2.22. The Morgan fingerprint density at radius 2 is 2.29 bits per heavy atom. The third-order valence-electron chi connectivity index (χ3n) is 2.31. The zero-order chi connectivity index (χ0) is 10.6. The molecule has 0 aromatic rings. The molecule has 0 radical (unpaired) electrons. The highest BCUT2D eigenvalue weighted by atomic mass is 16.2. The van der Waals surface area contributed by atoms with Crippen LogP contribution in [0.1, 0.15) is 19.8 Å². The molecule has 1 aliphatic rings. The normalized spacial score (nSPS) is 22.9. The molecule has 1 rings (SSSR count). The Morgan fingerprint density at radius 1 is 1.57 bits per heavy atom. The van der Waals surface area contributed by atoms with Gasteiger partial charge < -0.3 is 15.0 Å². The molecule has 14 heavy (non-hydrogen) atoms. The Kier molecular flexibility index (Phi) is 3.62. The fraction of sp³-hybridized carbons (Fsp3) is 0.667. The minimum Gasteiger partial charge on any atom is -0.345 e. The molecule has 5 nitrogen and oxygen atoms in total. The van der Waals surface area contributed by atoms with E-state index in [1.165, 1.54) is 4.90 Å². The van der Waals surface area contributed by atoms with Gasteiger partial charge >= 0.3 is 0 Å². The topological polar surface area (TPSA) is 66.5 Å². The van der Waals surface area contributed by atoms with Crippen molar-refractivity contribution in [3.63, 3.8) is 0 Å². The lowest BCUT2D eigenvalue weighted by Gasteiger charge is -2.19. The summed E-state index contributed by atoms with van der Waals surface area (Å²) in [5.74, 6) is -0.241. The molecule has 0 saturated carbocycles. The predicted octanol–water partition coefficient (Wildman–Crippen LogP) is -0.689. The van der Waals surface area contributed by atoms with Gasteiger partial charge in [0.2, 0.25) is 12.3 Å². The van der Waals surface area contributed by atoms with Crippen molar-refractivity contribution in [2.45, 2.75) is 31.8 Å². The molecule has 0 spiro atoms. The number of carbonyl (C=O) groups is 3. The first kappa shape index (κ1) is 10.7. The van der Waals surface area contributed by atoms with Crippen LogP contribution >= 0.6 is 0 Å². The van der Waals surface area contributed by atoms with Crippen molar-refractivity contribution in [3.8, 4) is 0 Å². The molecular weight excluding hydrogens is 184 g/mol. The Morgan fingerprint density at radius 3 is 2.86 bits per heavy atom. The van der Waals surface area contributed by atoms with E-state index in [1.54, 1.807) is 6.92 Å². The van der Waals surface area contributed by atoms with Crippen LogP contribution in [0, 0.1) is 0 Å². The fourth-order valence-electron chi connectivity index (χ4n) is 1.55. The molecule has 0 bridgehead atoms. The predicted molar refractivity (Wildman–Crippen MR) is 49.5 cm³/mol. The first-order valence-electron chi connectivity index (χ1n) is 4.65. The van der Waals surface area contributed by atoms with Crippen LogP contribution in [-0.4, -0.2) is 42.1 Å². The van der Waals surface area contributed by atoms with Gasteiger partial charge in [-0.1, -0.05) is 0 Å². The zero-order valence-electron chi connectivity index (χ0n) is 8.10. The Balaban J connectivity index is 2.51. The van der Waals surface area contributed by atoms with Gasteiger partial charge in [0, 0.05) is 6.54 Å². The van der Waals surface area contributed by atoms with Crippen LogP contribution < -0.4 is 5.32 Å². The third-order valence-corrected chi connectivity index (χ3v) is 2.31. The molecule has 0 unspecified atom stereocenters. The lowest BCUT2D eigenvalue weighted by atomic mass is 10.2. The number of rotatable bonds is 4. The first-order valence-corrected chi connectivity index (χ1v) is 4.65. The van der Waals surface area contributed by atoms with Gasteiger partial charge in [0.15, 0.2) is 0 Å². The minimum atomic E-state index is -0.489. The van der Waals surface area contributed by atoms with Gasteiger partial charge in [-0.25, -0.2) is 0 Å². The molecule has 0 aromatic carbocycles. The number of hydrogen-bond donors (Lipinski definition) is 1. The van der Waals surface area contributed by atoms with Gasteiger partial charge in [-0.15, -0.1) is 0 Å². The highest BCUT2D eigenvalue weighted by molar-refractivity contribution is 5.86. The fourth-order valence-corrected chi connectivity index (χ4v) is 1.55. The summed E-state index contributed by atoms with van der Waals surface area (Å²) in [7, 11) is 0. The van der Waals surface area contributed by atoms with Crippen LogP contribution in [0.15, 0.2) is 0 Å². The van der Waals surface area contributed by atoms with Crippen LogP contribution in [0.2, 0.25) is 0 Å². The van der Waals surface area contributed by atoms with E-state index in [0.717, 1.165) is 6.42 Å². The molecule has 1 N–H and O–H groups in total. The second kappa shape index (κ2) is 4.74. The van der Waals surface area contributed by atoms with E-state index >= 15 is 0 Å². The second-order valence-corrected chi connectivity index (χ2v) is 3.43. The molecule has 1 heterocycles. The Hall–Kier alpha value is -1.39. The summed E-state index contributed by atoms with van der Waals surface area (Å²) in [6.07, 6.45) is 2.86. The SMILES string of the molecule is C[C@@H](C=O)NC(=O)[C@@H]1CCCN1C=O. The summed E-state index contributed by atoms with van der Waals surface area (Å²) >= 11 is 0. The van der Waals surface area contributed by atoms with E-state index in [-0.39, 0.29) is 5.91 Å². The molecule has 5 heteroatoms. The van der Waals surface area contributed by atoms with Gasteiger partial charge in [0.25, 0.3) is 0 Å². The summed E-state index contributed by atoms with van der Waals surface area (Å²) in [4.78, 5) is 33.8. The zero-order valence-corrected chi connectivity index (χ0v) is 8.10. The van der Waals surface area contributed by atoms with Crippen LogP contribution in [-0.2, 0) is 14.4 Å². The molecule has 0 aliphatic carbocycles. The van der Waals surface area contributed by atoms with Crippen LogP contribution in [0.4, 0.5) is 0 Å². The molecule has 1 saturated heterocycles. The summed E-state index contributed by atoms with van der Waals surface area (Å²) in [5.41, 5.74) is 0. The van der Waals surface area contributed by atoms with E-state index in [9.17, 15) is 14.4 Å². The lowest BCUT2D eigenvalue weighted by Crippen LogP contribution is -2.46. The monoisotopic (exact) mass is 198 g/mol. The highest BCUT2D eigenvalue weighted by Crippen LogP contribution is 2.14. The van der Waals surface area contributed by atoms with E-state index in [1.807, 2.05) is 0 Å². The largest absolute Gasteiger partial charge is 0.345 e. The smallest absolute Gasteiger partial charge is 0.243 e. The van der Waals surface area contributed by atoms with Crippen LogP contribution in [0.25, 0.3) is 0 Å². The highest BCUT2D eigenvalue weighted by Gasteiger charge is 2.29. The molecule has 0 aromatic heterocycles. The number of aldehydes is 1. The van der Waals surface area contributed by atoms with Crippen molar-refractivity contribution in [1.82, 2.24) is 10.2 Å². The van der Waals surface area contributed by atoms with Crippen LogP contribution in [0.3, 0.4) is 0 Å². The maximum atomic E-state index is 11.5. The van der Waals surface area contributed by atoms with E-state index in [2.05, 4.69) is 5.32 Å². The maximum absolute atomic E-state index is 11.5. The average Bonchev–Trinajstić information content (AvgIpc) is 2.65. The number of amides is 2. The van der Waals surface area contributed by atoms with Gasteiger partial charge in [-0.3, -0.25) is 9.59 Å². The number of carbonyl (C=O) groups excluding carboxylic acids is 3. The van der Waals surface area contributed by atoms with Crippen molar-refractivity contribution in [2.24, 2.45) is 0 Å².